The second-order valence-electron chi connectivity index (χ2n) is 5.08. The van der Waals surface area contributed by atoms with Crippen LogP contribution in [0, 0.1) is 0 Å². The molecule has 0 saturated carbocycles. The molecule has 26 heavy (non-hydrogen) atoms. The number of allylic oxidation sites excluding steroid dienone is 5. The molecular formula is C25H41N. The van der Waals surface area contributed by atoms with Gasteiger partial charge in [0, 0.05) is 5.92 Å². The van der Waals surface area contributed by atoms with Crippen LogP contribution in [0.1, 0.15) is 71.4 Å². The van der Waals surface area contributed by atoms with Crippen molar-refractivity contribution in [1.29, 1.82) is 0 Å². The highest BCUT2D eigenvalue weighted by molar-refractivity contribution is 5.65. The van der Waals surface area contributed by atoms with Crippen molar-refractivity contribution in [2.24, 2.45) is 0 Å². The first kappa shape index (κ1) is 26.4. The van der Waals surface area contributed by atoms with E-state index in [0.717, 1.165) is 19.4 Å². The summed E-state index contributed by atoms with van der Waals surface area (Å²) >= 11 is 0. The van der Waals surface area contributed by atoms with Gasteiger partial charge in [0.15, 0.2) is 0 Å². The fraction of sp³-hybridized carbons (Fsp3) is 0.440. The summed E-state index contributed by atoms with van der Waals surface area (Å²) in [6.07, 6.45) is 10.5. The molecule has 0 fully saturated rings. The van der Waals surface area contributed by atoms with Crippen LogP contribution >= 0.6 is 0 Å². The fourth-order valence-corrected chi connectivity index (χ4v) is 2.86. The number of hydrogen-bond donors (Lipinski definition) is 1. The molecule has 2 rings (SSSR count). The van der Waals surface area contributed by atoms with Crippen LogP contribution in [0.2, 0.25) is 0 Å². The number of rotatable bonds is 6. The molecule has 1 aromatic carbocycles. The Hall–Kier alpha value is -1.86. The molecule has 1 aromatic rings. The number of hydrogen-bond acceptors (Lipinski definition) is 1. The average Bonchev–Trinajstić information content (AvgIpc) is 2.89. The minimum atomic E-state index is 0.403. The predicted molar refractivity (Wildman–Crippen MR) is 123 cm³/mol. The van der Waals surface area contributed by atoms with Crippen LogP contribution in [0.3, 0.4) is 0 Å². The van der Waals surface area contributed by atoms with Crippen molar-refractivity contribution < 1.29 is 0 Å². The lowest BCUT2D eigenvalue weighted by Crippen LogP contribution is -2.11. The highest BCUT2D eigenvalue weighted by Crippen LogP contribution is 2.37. The van der Waals surface area contributed by atoms with Crippen LogP contribution in [0.5, 0.6) is 0 Å². The second kappa shape index (κ2) is 17.9. The SMILES string of the molecule is C=CC1=C(C=C)C(CCCNC)c2ccccc2C=C1.CC.CC.CC. The maximum Gasteiger partial charge on any atom is 0.0101 e. The summed E-state index contributed by atoms with van der Waals surface area (Å²) in [6.45, 7) is 21.0. The molecule has 1 unspecified atom stereocenters. The lowest BCUT2D eigenvalue weighted by atomic mass is 9.84. The topological polar surface area (TPSA) is 12.0 Å². The van der Waals surface area contributed by atoms with Crippen LogP contribution in [-0.4, -0.2) is 13.6 Å². The molecule has 1 atom stereocenters. The molecule has 1 heteroatoms. The van der Waals surface area contributed by atoms with E-state index in [1.807, 2.05) is 60.7 Å². The molecule has 0 heterocycles. The first-order valence-corrected chi connectivity index (χ1v) is 10.2. The second-order valence-corrected chi connectivity index (χ2v) is 5.08. The molecule has 1 nitrogen and oxygen atoms in total. The summed E-state index contributed by atoms with van der Waals surface area (Å²) in [5, 5.41) is 3.23. The molecule has 1 aliphatic rings. The van der Waals surface area contributed by atoms with Gasteiger partial charge in [-0.05, 0) is 48.7 Å². The molecule has 0 aliphatic heterocycles. The molecule has 0 bridgehead atoms. The summed E-state index contributed by atoms with van der Waals surface area (Å²) in [5.74, 6) is 0.403. The van der Waals surface area contributed by atoms with E-state index in [0.29, 0.717) is 5.92 Å². The Morgan fingerprint density at radius 3 is 2.08 bits per heavy atom. The highest BCUT2D eigenvalue weighted by Gasteiger charge is 2.20. The zero-order chi connectivity index (χ0) is 20.4. The molecule has 0 aromatic heterocycles. The quantitative estimate of drug-likeness (QED) is 0.519. The van der Waals surface area contributed by atoms with Gasteiger partial charge in [-0.1, -0.05) is 103 Å². The summed E-state index contributed by atoms with van der Waals surface area (Å²) < 4.78 is 0. The van der Waals surface area contributed by atoms with Crippen molar-refractivity contribution in [2.45, 2.75) is 60.3 Å². The first-order valence-electron chi connectivity index (χ1n) is 10.2. The van der Waals surface area contributed by atoms with Gasteiger partial charge >= 0.3 is 0 Å². The zero-order valence-electron chi connectivity index (χ0n) is 18.2. The summed E-state index contributed by atoms with van der Waals surface area (Å²) in [5.41, 5.74) is 5.17. The van der Waals surface area contributed by atoms with E-state index in [1.54, 1.807) is 0 Å². The van der Waals surface area contributed by atoms with Crippen molar-refractivity contribution in [1.82, 2.24) is 5.32 Å². The third kappa shape index (κ3) is 8.01. The lowest BCUT2D eigenvalue weighted by Gasteiger charge is -2.21. The van der Waals surface area contributed by atoms with Crippen molar-refractivity contribution in [3.8, 4) is 0 Å². The number of fused-ring (bicyclic) bond motifs is 1. The summed E-state index contributed by atoms with van der Waals surface area (Å²) in [4.78, 5) is 0. The van der Waals surface area contributed by atoms with Crippen molar-refractivity contribution >= 4 is 6.08 Å². The number of benzene rings is 1. The zero-order valence-corrected chi connectivity index (χ0v) is 18.2. The van der Waals surface area contributed by atoms with Crippen LogP contribution < -0.4 is 5.32 Å². The van der Waals surface area contributed by atoms with Crippen LogP contribution in [0.15, 0.2) is 66.8 Å². The third-order valence-corrected chi connectivity index (χ3v) is 3.88. The molecule has 0 amide bonds. The van der Waals surface area contributed by atoms with Crippen LogP contribution in [0.4, 0.5) is 0 Å². The third-order valence-electron chi connectivity index (χ3n) is 3.88. The molecule has 0 radical (unpaired) electrons. The van der Waals surface area contributed by atoms with E-state index in [2.05, 4.69) is 54.9 Å². The molecule has 0 saturated heterocycles. The Labute approximate surface area is 163 Å². The monoisotopic (exact) mass is 355 g/mol. The largest absolute Gasteiger partial charge is 0.320 e. The lowest BCUT2D eigenvalue weighted by molar-refractivity contribution is 0.627. The molecule has 1 N–H and O–H groups in total. The van der Waals surface area contributed by atoms with Crippen LogP contribution in [0.25, 0.3) is 6.08 Å². The van der Waals surface area contributed by atoms with E-state index >= 15 is 0 Å². The Kier molecular flexibility index (Phi) is 18.2. The van der Waals surface area contributed by atoms with E-state index < -0.39 is 0 Å². The Morgan fingerprint density at radius 2 is 1.54 bits per heavy atom. The first-order chi connectivity index (χ1) is 12.8. The van der Waals surface area contributed by atoms with Gasteiger partial charge in [0.1, 0.15) is 0 Å². The standard InChI is InChI=1S/C19H23N.3C2H6/c1-4-15-12-13-16-9-6-7-10-18(16)19(17(15)5-2)11-8-14-20-3;3*1-2/h4-7,9-10,12-13,19-20H,1-2,8,11,14H2,3H3;3*1-2H3. The molecule has 0 spiro atoms. The minimum absolute atomic E-state index is 0.403. The van der Waals surface area contributed by atoms with E-state index in [-0.39, 0.29) is 0 Å². The van der Waals surface area contributed by atoms with Gasteiger partial charge in [0.05, 0.1) is 0 Å². The minimum Gasteiger partial charge on any atom is -0.320 e. The average molecular weight is 356 g/mol. The molecule has 146 valence electrons. The van der Waals surface area contributed by atoms with Crippen molar-refractivity contribution in [2.75, 3.05) is 13.6 Å². The fourth-order valence-electron chi connectivity index (χ4n) is 2.86. The van der Waals surface area contributed by atoms with Gasteiger partial charge in [0.25, 0.3) is 0 Å². The summed E-state index contributed by atoms with van der Waals surface area (Å²) in [7, 11) is 2.00. The van der Waals surface area contributed by atoms with Gasteiger partial charge < -0.3 is 5.32 Å². The van der Waals surface area contributed by atoms with Gasteiger partial charge in [-0.25, -0.2) is 0 Å². The smallest absolute Gasteiger partial charge is 0.0101 e. The van der Waals surface area contributed by atoms with Crippen LogP contribution in [-0.2, 0) is 0 Å². The predicted octanol–water partition coefficient (Wildman–Crippen LogP) is 7.54. The Bertz CT molecular complexity index is 549. The van der Waals surface area contributed by atoms with Crippen molar-refractivity contribution in [3.63, 3.8) is 0 Å². The van der Waals surface area contributed by atoms with Gasteiger partial charge in [-0.2, -0.15) is 0 Å². The van der Waals surface area contributed by atoms with E-state index in [1.165, 1.54) is 22.3 Å². The summed E-state index contributed by atoms with van der Waals surface area (Å²) in [6, 6.07) is 8.64. The Balaban J connectivity index is 0. The number of nitrogens with one attached hydrogen (secondary N) is 1. The maximum atomic E-state index is 4.02. The molecule has 1 aliphatic carbocycles. The normalized spacial score (nSPS) is 14.2. The van der Waals surface area contributed by atoms with Gasteiger partial charge in [-0.3, -0.25) is 0 Å². The van der Waals surface area contributed by atoms with Gasteiger partial charge in [0.2, 0.25) is 0 Å². The molecular weight excluding hydrogens is 314 g/mol. The van der Waals surface area contributed by atoms with E-state index in [4.69, 9.17) is 0 Å². The van der Waals surface area contributed by atoms with Crippen molar-refractivity contribution in [3.05, 3.63) is 77.9 Å². The maximum absolute atomic E-state index is 4.02. The highest BCUT2D eigenvalue weighted by atomic mass is 14.8. The van der Waals surface area contributed by atoms with E-state index in [9.17, 15) is 0 Å². The van der Waals surface area contributed by atoms with Gasteiger partial charge in [-0.15, -0.1) is 0 Å². The Morgan fingerprint density at radius 1 is 0.923 bits per heavy atom.